The molecule has 0 aromatic rings. The Bertz CT molecular complexity index is 173. The molecule has 0 saturated heterocycles. The van der Waals surface area contributed by atoms with Crippen LogP contribution in [0.15, 0.2) is 0 Å². The Kier molecular flexibility index (Phi) is 14.8. The summed E-state index contributed by atoms with van der Waals surface area (Å²) in [5, 5.41) is 9.79. The van der Waals surface area contributed by atoms with Crippen molar-refractivity contribution in [2.24, 2.45) is 0 Å². The summed E-state index contributed by atoms with van der Waals surface area (Å²) in [7, 11) is -3.40. The first-order chi connectivity index (χ1) is 4.48. The van der Waals surface area contributed by atoms with Gasteiger partial charge in [-0.15, -0.1) is 0 Å². The second-order valence-electron chi connectivity index (χ2n) is 1.98. The van der Waals surface area contributed by atoms with Gasteiger partial charge in [-0.25, -0.2) is 0 Å². The third-order valence-electron chi connectivity index (χ3n) is 1.14. The zero-order valence-corrected chi connectivity index (χ0v) is 12.6. The largest absolute Gasteiger partial charge is 1.00 e. The Morgan fingerprint density at radius 2 is 1.83 bits per heavy atom. The monoisotopic (exact) mass is 210 g/mol. The molecule has 0 radical (unpaired) electrons. The summed E-state index contributed by atoms with van der Waals surface area (Å²) >= 11 is 0. The first-order valence-electron chi connectivity index (χ1n) is 2.97. The molecule has 7 heteroatoms. The maximum atomic E-state index is 10.6. The van der Waals surface area contributed by atoms with E-state index in [-0.39, 0.29) is 71.4 Å². The SMILES string of the molecule is CCP(=O)([O-])CCC(=O)[O-].[Na+].[Na+]. The van der Waals surface area contributed by atoms with Crippen LogP contribution in [0.1, 0.15) is 13.3 Å². The van der Waals surface area contributed by atoms with Crippen molar-refractivity contribution >= 4 is 13.3 Å². The van der Waals surface area contributed by atoms with E-state index in [0.717, 1.165) is 0 Å². The smallest absolute Gasteiger partial charge is 0.799 e. The summed E-state index contributed by atoms with van der Waals surface area (Å²) in [6.07, 6.45) is -0.666. The maximum absolute atomic E-state index is 10.6. The fourth-order valence-electron chi connectivity index (χ4n) is 0.420. The molecule has 4 nitrogen and oxygen atoms in total. The molecule has 0 amide bonds. The molecule has 1 atom stereocenters. The van der Waals surface area contributed by atoms with Gasteiger partial charge in [-0.1, -0.05) is 6.92 Å². The van der Waals surface area contributed by atoms with Crippen molar-refractivity contribution in [1.29, 1.82) is 0 Å². The summed E-state index contributed by atoms with van der Waals surface area (Å²) in [6, 6.07) is 0. The Morgan fingerprint density at radius 1 is 1.42 bits per heavy atom. The van der Waals surface area contributed by atoms with Crippen LogP contribution in [0.3, 0.4) is 0 Å². The Hall–Kier alpha value is 1.66. The van der Waals surface area contributed by atoms with E-state index in [1.165, 1.54) is 6.92 Å². The minimum atomic E-state index is -3.40. The van der Waals surface area contributed by atoms with Gasteiger partial charge in [0.25, 0.3) is 0 Å². The van der Waals surface area contributed by atoms with Gasteiger partial charge in [-0.3, -0.25) is 0 Å². The third kappa shape index (κ3) is 11.7. The van der Waals surface area contributed by atoms with Gasteiger partial charge in [-0.05, 0) is 18.7 Å². The number of hydrogen-bond acceptors (Lipinski definition) is 4. The Labute approximate surface area is 116 Å². The van der Waals surface area contributed by atoms with Gasteiger partial charge in [0.2, 0.25) is 0 Å². The summed E-state index contributed by atoms with van der Waals surface area (Å²) in [5.41, 5.74) is 0. The molecule has 60 valence electrons. The van der Waals surface area contributed by atoms with Crippen molar-refractivity contribution in [2.75, 3.05) is 12.3 Å². The zero-order valence-electron chi connectivity index (χ0n) is 7.70. The zero-order chi connectivity index (χ0) is 8.20. The van der Waals surface area contributed by atoms with E-state index in [0.29, 0.717) is 0 Å². The minimum absolute atomic E-state index is 0. The summed E-state index contributed by atoms with van der Waals surface area (Å²) in [4.78, 5) is 20.4. The van der Waals surface area contributed by atoms with Crippen molar-refractivity contribution < 1.29 is 78.5 Å². The maximum Gasteiger partial charge on any atom is 1.00 e. The second-order valence-corrected chi connectivity index (χ2v) is 4.69. The molecule has 0 spiro atoms. The van der Waals surface area contributed by atoms with Crippen LogP contribution in [0, 0.1) is 0 Å². The molecule has 0 aliphatic carbocycles. The van der Waals surface area contributed by atoms with Crippen LogP contribution in [-0.2, 0) is 9.36 Å². The molecule has 0 rings (SSSR count). The van der Waals surface area contributed by atoms with Crippen LogP contribution in [0.25, 0.3) is 0 Å². The van der Waals surface area contributed by atoms with Crippen LogP contribution < -0.4 is 69.1 Å². The molecule has 0 aliphatic rings. The number of carboxylic acids is 1. The van der Waals surface area contributed by atoms with Gasteiger partial charge in [-0.2, -0.15) is 0 Å². The molecule has 0 bridgehead atoms. The third-order valence-corrected chi connectivity index (χ3v) is 3.01. The van der Waals surface area contributed by atoms with Gasteiger partial charge in [0.15, 0.2) is 0 Å². The molecular formula is C5H9Na2O4P. The molecule has 0 fully saturated rings. The molecule has 0 aliphatic heterocycles. The van der Waals surface area contributed by atoms with Crippen LogP contribution in [-0.4, -0.2) is 18.3 Å². The number of carbonyl (C=O) groups is 1. The van der Waals surface area contributed by atoms with E-state index in [1.54, 1.807) is 0 Å². The average Bonchev–Trinajstić information content (AvgIpc) is 1.85. The molecule has 0 saturated carbocycles. The fourth-order valence-corrected chi connectivity index (χ4v) is 1.26. The normalized spacial score (nSPS) is 13.5. The molecular weight excluding hydrogens is 201 g/mol. The predicted octanol–water partition coefficient (Wildman–Crippen LogP) is -7.21. The van der Waals surface area contributed by atoms with E-state index in [4.69, 9.17) is 0 Å². The molecule has 0 aromatic heterocycles. The van der Waals surface area contributed by atoms with Gasteiger partial charge in [0.1, 0.15) is 0 Å². The fraction of sp³-hybridized carbons (Fsp3) is 0.800. The van der Waals surface area contributed by atoms with Gasteiger partial charge in [0, 0.05) is 13.3 Å². The first-order valence-corrected chi connectivity index (χ1v) is 4.96. The van der Waals surface area contributed by atoms with Gasteiger partial charge >= 0.3 is 59.1 Å². The summed E-state index contributed by atoms with van der Waals surface area (Å²) in [6.45, 7) is 1.49. The number of rotatable bonds is 4. The van der Waals surface area contributed by atoms with E-state index >= 15 is 0 Å². The summed E-state index contributed by atoms with van der Waals surface area (Å²) in [5.74, 6) is -1.32. The molecule has 12 heavy (non-hydrogen) atoms. The van der Waals surface area contributed by atoms with Crippen LogP contribution in [0.4, 0.5) is 0 Å². The number of aliphatic carboxylic acids is 1. The topological polar surface area (TPSA) is 80.3 Å². The van der Waals surface area contributed by atoms with Crippen molar-refractivity contribution in [3.8, 4) is 0 Å². The van der Waals surface area contributed by atoms with Crippen molar-refractivity contribution in [3.63, 3.8) is 0 Å². The van der Waals surface area contributed by atoms with Gasteiger partial charge in [0.05, 0.1) is 0 Å². The van der Waals surface area contributed by atoms with Crippen LogP contribution >= 0.6 is 7.37 Å². The quantitative estimate of drug-likeness (QED) is 0.341. The van der Waals surface area contributed by atoms with E-state index < -0.39 is 19.8 Å². The molecule has 0 aromatic carbocycles. The minimum Gasteiger partial charge on any atom is -0.799 e. The number of carboxylic acid groups (broad SMARTS) is 1. The van der Waals surface area contributed by atoms with Crippen molar-refractivity contribution in [2.45, 2.75) is 13.3 Å². The van der Waals surface area contributed by atoms with Crippen LogP contribution in [0.5, 0.6) is 0 Å². The second kappa shape index (κ2) is 9.22. The number of hydrogen-bond donors (Lipinski definition) is 0. The first kappa shape index (κ1) is 19.3. The Balaban J connectivity index is -0.000000405. The molecule has 0 heterocycles. The average molecular weight is 210 g/mol. The van der Waals surface area contributed by atoms with Crippen LogP contribution in [0.2, 0.25) is 0 Å². The standard InChI is InChI=1S/C5H11O4P.2Na/c1-2-10(8,9)4-3-5(6)7;;/h2-4H2,1H3,(H,6,7)(H,8,9);;/q;2*+1/p-2. The van der Waals surface area contributed by atoms with E-state index in [2.05, 4.69) is 0 Å². The van der Waals surface area contributed by atoms with E-state index in [9.17, 15) is 19.4 Å². The van der Waals surface area contributed by atoms with Gasteiger partial charge < -0.3 is 19.4 Å². The molecule has 1 unspecified atom stereocenters. The van der Waals surface area contributed by atoms with Crippen molar-refractivity contribution in [1.82, 2.24) is 0 Å². The van der Waals surface area contributed by atoms with Crippen molar-refractivity contribution in [3.05, 3.63) is 0 Å². The predicted molar refractivity (Wildman–Crippen MR) is 32.6 cm³/mol. The number of carbonyl (C=O) groups excluding carboxylic acids is 1. The molecule has 0 N–H and O–H groups in total. The summed E-state index contributed by atoms with van der Waals surface area (Å²) < 4.78 is 10.6. The van der Waals surface area contributed by atoms with E-state index in [1.807, 2.05) is 0 Å². The Morgan fingerprint density at radius 3 is 2.08 bits per heavy atom.